The Balaban J connectivity index is 2.44. The molecule has 0 saturated heterocycles. The molecule has 2 aromatic rings. The number of anilines is 1. The number of nitrogens with two attached hydrogens (primary N) is 1. The van der Waals surface area contributed by atoms with Crippen LogP contribution < -0.4 is 5.73 Å². The Bertz CT molecular complexity index is 625. The number of benzene rings is 1. The van der Waals surface area contributed by atoms with Gasteiger partial charge in [-0.25, -0.2) is 9.97 Å². The summed E-state index contributed by atoms with van der Waals surface area (Å²) < 4.78 is 0. The molecule has 0 amide bonds. The van der Waals surface area contributed by atoms with Crippen molar-refractivity contribution in [3.63, 3.8) is 0 Å². The molecular weight excluding hydrogens is 258 g/mol. The molecule has 21 heavy (non-hydrogen) atoms. The summed E-state index contributed by atoms with van der Waals surface area (Å²) in [7, 11) is 0. The summed E-state index contributed by atoms with van der Waals surface area (Å²) in [5.41, 5.74) is 9.19. The van der Waals surface area contributed by atoms with Gasteiger partial charge in [0.2, 0.25) is 0 Å². The zero-order valence-electron chi connectivity index (χ0n) is 13.6. The fourth-order valence-corrected chi connectivity index (χ4v) is 2.28. The molecule has 1 heterocycles. The summed E-state index contributed by atoms with van der Waals surface area (Å²) in [6.07, 6.45) is 1.07. The van der Waals surface area contributed by atoms with Crippen LogP contribution in [-0.2, 0) is 11.8 Å². The number of hydrogen-bond acceptors (Lipinski definition) is 3. The summed E-state index contributed by atoms with van der Waals surface area (Å²) in [5.74, 6) is 1.95. The van der Waals surface area contributed by atoms with Crippen LogP contribution in [0.2, 0.25) is 0 Å². The monoisotopic (exact) mass is 283 g/mol. The first-order valence-corrected chi connectivity index (χ1v) is 7.50. The van der Waals surface area contributed by atoms with Gasteiger partial charge < -0.3 is 5.73 Å². The lowest BCUT2D eigenvalue weighted by molar-refractivity contribution is 0.547. The van der Waals surface area contributed by atoms with Crippen molar-refractivity contribution in [2.24, 2.45) is 5.92 Å². The van der Waals surface area contributed by atoms with Gasteiger partial charge in [-0.2, -0.15) is 0 Å². The highest BCUT2D eigenvalue weighted by Crippen LogP contribution is 2.25. The van der Waals surface area contributed by atoms with Gasteiger partial charge in [-0.1, -0.05) is 52.8 Å². The number of nitrogens with zero attached hydrogens (tertiary/aromatic N) is 2. The van der Waals surface area contributed by atoms with Gasteiger partial charge in [0.05, 0.1) is 5.69 Å². The molecule has 0 aliphatic heterocycles. The van der Waals surface area contributed by atoms with Gasteiger partial charge in [-0.05, 0) is 24.0 Å². The van der Waals surface area contributed by atoms with E-state index in [9.17, 15) is 0 Å². The molecule has 0 saturated carbocycles. The second kappa shape index (κ2) is 5.84. The number of nitrogen functional groups attached to an aromatic ring is 1. The molecule has 0 bridgehead atoms. The van der Waals surface area contributed by atoms with Crippen LogP contribution in [0.1, 0.15) is 46.0 Å². The van der Waals surface area contributed by atoms with Crippen LogP contribution in [0.5, 0.6) is 0 Å². The molecule has 3 nitrogen and oxygen atoms in total. The van der Waals surface area contributed by atoms with Crippen molar-refractivity contribution >= 4 is 5.82 Å². The molecule has 0 fully saturated rings. The molecule has 0 aliphatic rings. The lowest BCUT2D eigenvalue weighted by Crippen LogP contribution is -2.17. The Hall–Kier alpha value is -1.90. The molecule has 3 heteroatoms. The Morgan fingerprint density at radius 3 is 2.43 bits per heavy atom. The minimum atomic E-state index is -0.111. The van der Waals surface area contributed by atoms with Crippen LogP contribution >= 0.6 is 0 Å². The minimum absolute atomic E-state index is 0.111. The molecule has 0 unspecified atom stereocenters. The van der Waals surface area contributed by atoms with Crippen molar-refractivity contribution < 1.29 is 0 Å². The molecule has 2 N–H and O–H groups in total. The number of hydrogen-bond donors (Lipinski definition) is 1. The van der Waals surface area contributed by atoms with E-state index in [0.29, 0.717) is 11.7 Å². The Morgan fingerprint density at radius 1 is 1.10 bits per heavy atom. The average molecular weight is 283 g/mol. The van der Waals surface area contributed by atoms with Gasteiger partial charge in [0, 0.05) is 17.0 Å². The lowest BCUT2D eigenvalue weighted by Gasteiger charge is -2.18. The normalized spacial score (nSPS) is 11.9. The minimum Gasteiger partial charge on any atom is -0.384 e. The summed E-state index contributed by atoms with van der Waals surface area (Å²) in [6, 6.07) is 10.4. The summed E-state index contributed by atoms with van der Waals surface area (Å²) in [4.78, 5) is 9.07. The van der Waals surface area contributed by atoms with Crippen LogP contribution in [0.25, 0.3) is 11.3 Å². The zero-order valence-corrected chi connectivity index (χ0v) is 13.6. The standard InChI is InChI=1S/C18H25N3/c1-12(2)9-13-7-6-8-14(10-13)15-11-16(19)21-17(20-15)18(3,4)5/h6-8,10-12H,9H2,1-5H3,(H2,19,20,21). The quantitative estimate of drug-likeness (QED) is 0.917. The van der Waals surface area contributed by atoms with Gasteiger partial charge in [-0.3, -0.25) is 0 Å². The number of rotatable bonds is 3. The van der Waals surface area contributed by atoms with Gasteiger partial charge >= 0.3 is 0 Å². The van der Waals surface area contributed by atoms with E-state index in [1.807, 2.05) is 6.07 Å². The maximum absolute atomic E-state index is 5.96. The molecule has 1 aromatic heterocycles. The second-order valence-corrected chi connectivity index (χ2v) is 7.05. The van der Waals surface area contributed by atoms with E-state index in [0.717, 1.165) is 23.5 Å². The summed E-state index contributed by atoms with van der Waals surface area (Å²) >= 11 is 0. The first kappa shape index (κ1) is 15.5. The van der Waals surface area contributed by atoms with E-state index in [4.69, 9.17) is 10.7 Å². The molecule has 112 valence electrons. The topological polar surface area (TPSA) is 51.8 Å². The van der Waals surface area contributed by atoms with E-state index in [1.165, 1.54) is 5.56 Å². The van der Waals surface area contributed by atoms with Gasteiger partial charge in [0.25, 0.3) is 0 Å². The first-order valence-electron chi connectivity index (χ1n) is 7.50. The largest absolute Gasteiger partial charge is 0.384 e. The lowest BCUT2D eigenvalue weighted by atomic mass is 9.95. The predicted molar refractivity (Wildman–Crippen MR) is 89.1 cm³/mol. The van der Waals surface area contributed by atoms with E-state index < -0.39 is 0 Å². The van der Waals surface area contributed by atoms with Crippen molar-refractivity contribution in [3.8, 4) is 11.3 Å². The van der Waals surface area contributed by atoms with Crippen LogP contribution in [0.4, 0.5) is 5.82 Å². The van der Waals surface area contributed by atoms with Crippen LogP contribution in [0.15, 0.2) is 30.3 Å². The first-order chi connectivity index (χ1) is 9.75. The van der Waals surface area contributed by atoms with Crippen LogP contribution in [-0.4, -0.2) is 9.97 Å². The third kappa shape index (κ3) is 4.03. The van der Waals surface area contributed by atoms with E-state index in [2.05, 4.69) is 63.9 Å². The third-order valence-electron chi connectivity index (χ3n) is 3.28. The van der Waals surface area contributed by atoms with Crippen molar-refractivity contribution in [2.45, 2.75) is 46.5 Å². The summed E-state index contributed by atoms with van der Waals surface area (Å²) in [6.45, 7) is 10.8. The molecular formula is C18H25N3. The highest BCUT2D eigenvalue weighted by Gasteiger charge is 2.19. The maximum Gasteiger partial charge on any atom is 0.136 e. The van der Waals surface area contributed by atoms with Gasteiger partial charge in [0.15, 0.2) is 0 Å². The molecule has 2 rings (SSSR count). The highest BCUT2D eigenvalue weighted by atomic mass is 15.0. The summed E-state index contributed by atoms with van der Waals surface area (Å²) in [5, 5.41) is 0. The second-order valence-electron chi connectivity index (χ2n) is 7.05. The van der Waals surface area contributed by atoms with Gasteiger partial charge in [-0.15, -0.1) is 0 Å². The fourth-order valence-electron chi connectivity index (χ4n) is 2.28. The Morgan fingerprint density at radius 2 is 1.81 bits per heavy atom. The Kier molecular flexibility index (Phi) is 4.31. The van der Waals surface area contributed by atoms with Crippen LogP contribution in [0, 0.1) is 5.92 Å². The third-order valence-corrected chi connectivity index (χ3v) is 3.28. The van der Waals surface area contributed by atoms with Crippen molar-refractivity contribution in [1.29, 1.82) is 0 Å². The van der Waals surface area contributed by atoms with Crippen molar-refractivity contribution in [3.05, 3.63) is 41.7 Å². The smallest absolute Gasteiger partial charge is 0.136 e. The zero-order chi connectivity index (χ0) is 15.6. The number of aromatic nitrogens is 2. The molecule has 0 atom stereocenters. The molecule has 1 aromatic carbocycles. The highest BCUT2D eigenvalue weighted by molar-refractivity contribution is 5.62. The van der Waals surface area contributed by atoms with E-state index in [1.54, 1.807) is 0 Å². The van der Waals surface area contributed by atoms with E-state index >= 15 is 0 Å². The Labute approximate surface area is 127 Å². The molecule has 0 radical (unpaired) electrons. The van der Waals surface area contributed by atoms with E-state index in [-0.39, 0.29) is 5.41 Å². The predicted octanol–water partition coefficient (Wildman–Crippen LogP) is 4.22. The SMILES string of the molecule is CC(C)Cc1cccc(-c2cc(N)nc(C(C)(C)C)n2)c1. The van der Waals surface area contributed by atoms with Gasteiger partial charge in [0.1, 0.15) is 11.6 Å². The van der Waals surface area contributed by atoms with Crippen molar-refractivity contribution in [1.82, 2.24) is 9.97 Å². The van der Waals surface area contributed by atoms with Crippen molar-refractivity contribution in [2.75, 3.05) is 5.73 Å². The molecule has 0 aliphatic carbocycles. The van der Waals surface area contributed by atoms with Crippen LogP contribution in [0.3, 0.4) is 0 Å². The fraction of sp³-hybridized carbons (Fsp3) is 0.444. The maximum atomic E-state index is 5.96. The average Bonchev–Trinajstić information content (AvgIpc) is 2.36. The molecule has 0 spiro atoms.